The van der Waals surface area contributed by atoms with Gasteiger partial charge in [0.2, 0.25) is 0 Å². The molecule has 2 unspecified atom stereocenters. The predicted molar refractivity (Wildman–Crippen MR) is 159 cm³/mol. The molecule has 2 amide bonds. The van der Waals surface area contributed by atoms with Crippen LogP contribution in [0.2, 0.25) is 0 Å². The number of carbonyl (C=O) groups excluding carboxylic acids is 1. The molecule has 2 atom stereocenters. The van der Waals surface area contributed by atoms with Gasteiger partial charge < -0.3 is 36.0 Å². The Bertz CT molecular complexity index is 1220. The van der Waals surface area contributed by atoms with E-state index in [2.05, 4.69) is 75.0 Å². The molecule has 0 bridgehead atoms. The van der Waals surface area contributed by atoms with E-state index in [0.717, 1.165) is 43.7 Å². The highest BCUT2D eigenvalue weighted by molar-refractivity contribution is 5.89. The third kappa shape index (κ3) is 9.72. The maximum Gasteiger partial charge on any atom is 0.319 e. The fourth-order valence-corrected chi connectivity index (χ4v) is 4.92. The van der Waals surface area contributed by atoms with E-state index in [4.69, 9.17) is 15.9 Å². The number of fused-ring (bicyclic) bond motifs is 1. The van der Waals surface area contributed by atoms with Gasteiger partial charge in [-0.3, -0.25) is 0 Å². The monoisotopic (exact) mass is 554 g/mol. The Kier molecular flexibility index (Phi) is 10.5. The molecule has 220 valence electrons. The summed E-state index contributed by atoms with van der Waals surface area (Å²) in [5, 5.41) is 22.0. The van der Waals surface area contributed by atoms with Gasteiger partial charge in [0.05, 0.1) is 6.33 Å². The van der Waals surface area contributed by atoms with Crippen molar-refractivity contribution in [2.24, 2.45) is 5.92 Å². The molecule has 0 aliphatic heterocycles. The summed E-state index contributed by atoms with van der Waals surface area (Å²) in [5.41, 5.74) is 9.60. The van der Waals surface area contributed by atoms with Crippen molar-refractivity contribution in [2.45, 2.75) is 77.5 Å². The first-order valence-electron chi connectivity index (χ1n) is 13.9. The van der Waals surface area contributed by atoms with Gasteiger partial charge in [-0.15, -0.1) is 0 Å². The number of aromatic nitrogens is 4. The van der Waals surface area contributed by atoms with E-state index in [1.165, 1.54) is 32.2 Å². The van der Waals surface area contributed by atoms with Crippen molar-refractivity contribution >= 4 is 28.7 Å². The van der Waals surface area contributed by atoms with Gasteiger partial charge >= 0.3 is 6.03 Å². The summed E-state index contributed by atoms with van der Waals surface area (Å²) in [5.74, 6) is -0.433. The minimum Gasteiger partial charge on any atom is -0.382 e. The van der Waals surface area contributed by atoms with Crippen LogP contribution >= 0.6 is 0 Å². The quantitative estimate of drug-likeness (QED) is 0.207. The number of aliphatic hydroxyl groups is 2. The molecule has 2 heterocycles. The van der Waals surface area contributed by atoms with Gasteiger partial charge in [-0.2, -0.15) is 0 Å². The minimum atomic E-state index is -1.50. The van der Waals surface area contributed by atoms with Crippen LogP contribution in [0.15, 0.2) is 36.9 Å². The fourth-order valence-electron chi connectivity index (χ4n) is 4.92. The van der Waals surface area contributed by atoms with E-state index in [0.29, 0.717) is 29.8 Å². The van der Waals surface area contributed by atoms with Crippen LogP contribution in [0.3, 0.4) is 0 Å². The first-order chi connectivity index (χ1) is 18.7. The lowest BCUT2D eigenvalue weighted by molar-refractivity contribution is -0.127. The first-order valence-corrected chi connectivity index (χ1v) is 13.9. The first kappa shape index (κ1) is 31.3. The van der Waals surface area contributed by atoms with E-state index in [1.54, 1.807) is 0 Å². The summed E-state index contributed by atoms with van der Waals surface area (Å²) in [6, 6.07) is 8.28. The number of hydrogen-bond acceptors (Lipinski definition) is 8. The third-order valence-electron chi connectivity index (χ3n) is 6.87. The van der Waals surface area contributed by atoms with Gasteiger partial charge in [0.15, 0.2) is 17.3 Å². The molecule has 1 fully saturated rings. The van der Waals surface area contributed by atoms with Crippen LogP contribution in [0.4, 0.5) is 16.3 Å². The van der Waals surface area contributed by atoms with Crippen LogP contribution in [0.25, 0.3) is 11.2 Å². The van der Waals surface area contributed by atoms with Crippen LogP contribution in [0.5, 0.6) is 0 Å². The molecule has 6 N–H and O–H groups in total. The molecule has 2 aromatic heterocycles. The van der Waals surface area contributed by atoms with Crippen LogP contribution in [0, 0.1) is 5.92 Å². The van der Waals surface area contributed by atoms with E-state index >= 15 is 0 Å². The van der Waals surface area contributed by atoms with Crippen LogP contribution < -0.4 is 16.4 Å². The maximum atomic E-state index is 12.2. The van der Waals surface area contributed by atoms with Crippen molar-refractivity contribution in [3.8, 4) is 0 Å². The second-order valence-corrected chi connectivity index (χ2v) is 12.2. The molecule has 0 radical (unpaired) electrons. The molecule has 11 heteroatoms. The summed E-state index contributed by atoms with van der Waals surface area (Å²) in [4.78, 5) is 27.4. The van der Waals surface area contributed by atoms with Crippen molar-refractivity contribution in [2.75, 3.05) is 37.7 Å². The number of nitrogens with one attached hydrogen (secondary N) is 2. The summed E-state index contributed by atoms with van der Waals surface area (Å²) >= 11 is 0. The number of anilines is 2. The van der Waals surface area contributed by atoms with Gasteiger partial charge in [-0.05, 0) is 82.2 Å². The van der Waals surface area contributed by atoms with Crippen molar-refractivity contribution in [1.82, 2.24) is 29.7 Å². The van der Waals surface area contributed by atoms with E-state index in [-0.39, 0.29) is 11.4 Å². The van der Waals surface area contributed by atoms with Gasteiger partial charge in [-0.25, -0.2) is 19.7 Å². The number of urea groups is 1. The smallest absolute Gasteiger partial charge is 0.319 e. The number of amides is 2. The molecule has 40 heavy (non-hydrogen) atoms. The highest BCUT2D eigenvalue weighted by Crippen LogP contribution is 2.36. The number of imidazole rings is 1. The number of rotatable bonds is 8. The second kappa shape index (κ2) is 13.4. The molecular formula is C29H46N8O3. The zero-order chi connectivity index (χ0) is 29.5. The SMILES string of the molecule is CC(C)(O)O.CN(CCCNC(=O)Nc1ccc(C(C)(C)C)cc1)CC1CCC(n2cnc3c(N)ncnc32)C1. The topological polar surface area (TPSA) is 154 Å². The third-order valence-corrected chi connectivity index (χ3v) is 6.87. The number of nitrogen functional groups attached to an aromatic ring is 1. The lowest BCUT2D eigenvalue weighted by Gasteiger charge is -2.21. The van der Waals surface area contributed by atoms with Gasteiger partial charge in [0, 0.05) is 24.8 Å². The van der Waals surface area contributed by atoms with Crippen molar-refractivity contribution in [3.05, 3.63) is 42.5 Å². The van der Waals surface area contributed by atoms with Crippen LogP contribution in [0.1, 0.15) is 71.9 Å². The summed E-state index contributed by atoms with van der Waals surface area (Å²) in [6.45, 7) is 11.8. The standard InChI is InChI=1S/C26H38N8O.C3H8O2/c1-26(2,3)19-7-9-20(10-8-19)32-25(35)28-12-5-13-33(4)15-18-6-11-21(14-18)34-17-31-22-23(27)29-16-30-24(22)34;1-3(2,4)5/h7-10,16-18,21H,5-6,11-15H2,1-4H3,(H2,27,29,30)(H2,28,32,35);4-5H,1-2H3. The molecule has 0 spiro atoms. The fraction of sp³-hybridized carbons (Fsp3) is 0.586. The van der Waals surface area contributed by atoms with Gasteiger partial charge in [0.1, 0.15) is 11.8 Å². The highest BCUT2D eigenvalue weighted by atomic mass is 16.5. The predicted octanol–water partition coefficient (Wildman–Crippen LogP) is 3.90. The average Bonchev–Trinajstić information content (AvgIpc) is 3.48. The molecule has 1 aliphatic carbocycles. The summed E-state index contributed by atoms with van der Waals surface area (Å²) in [7, 11) is 2.16. The minimum absolute atomic E-state index is 0.101. The van der Waals surface area contributed by atoms with Crippen LogP contribution in [-0.2, 0) is 5.41 Å². The Morgan fingerprint density at radius 3 is 2.42 bits per heavy atom. The second-order valence-electron chi connectivity index (χ2n) is 12.2. The van der Waals surface area contributed by atoms with Crippen molar-refractivity contribution in [1.29, 1.82) is 0 Å². The average molecular weight is 555 g/mol. The number of nitrogens with two attached hydrogens (primary N) is 1. The molecule has 11 nitrogen and oxygen atoms in total. The molecule has 0 saturated heterocycles. The Balaban J connectivity index is 0.000000810. The molecule has 1 aliphatic rings. The number of carbonyl (C=O) groups is 1. The maximum absolute atomic E-state index is 12.2. The van der Waals surface area contributed by atoms with Gasteiger partial charge in [-0.1, -0.05) is 32.9 Å². The number of nitrogens with zero attached hydrogens (tertiary/aromatic N) is 5. The van der Waals surface area contributed by atoms with E-state index in [1.807, 2.05) is 18.5 Å². The molecular weight excluding hydrogens is 508 g/mol. The molecule has 1 saturated carbocycles. The van der Waals surface area contributed by atoms with Crippen LogP contribution in [-0.4, -0.2) is 73.1 Å². The lowest BCUT2D eigenvalue weighted by atomic mass is 9.87. The highest BCUT2D eigenvalue weighted by Gasteiger charge is 2.28. The summed E-state index contributed by atoms with van der Waals surface area (Å²) < 4.78 is 2.16. The number of hydrogen-bond donors (Lipinski definition) is 5. The Hall–Kier alpha value is -3.28. The van der Waals surface area contributed by atoms with E-state index in [9.17, 15) is 4.79 Å². The normalized spacial score (nSPS) is 17.5. The Morgan fingerprint density at radius 1 is 1.10 bits per heavy atom. The lowest BCUT2D eigenvalue weighted by Crippen LogP contribution is -2.32. The Morgan fingerprint density at radius 2 is 1.77 bits per heavy atom. The molecule has 4 rings (SSSR count). The van der Waals surface area contributed by atoms with Crippen molar-refractivity contribution < 1.29 is 15.0 Å². The van der Waals surface area contributed by atoms with Crippen molar-refractivity contribution in [3.63, 3.8) is 0 Å². The zero-order valence-electron chi connectivity index (χ0n) is 24.7. The van der Waals surface area contributed by atoms with Gasteiger partial charge in [0.25, 0.3) is 0 Å². The van der Waals surface area contributed by atoms with E-state index < -0.39 is 5.79 Å². The Labute approximate surface area is 237 Å². The largest absolute Gasteiger partial charge is 0.382 e. The number of benzene rings is 1. The summed E-state index contributed by atoms with van der Waals surface area (Å²) in [6.07, 6.45) is 7.67. The zero-order valence-corrected chi connectivity index (χ0v) is 24.7. The molecule has 3 aromatic rings. The molecule has 1 aromatic carbocycles.